The molecule has 1 aromatic carbocycles. The number of likely N-dealkylation sites (tertiary alicyclic amines) is 1. The molecule has 0 spiro atoms. The van der Waals surface area contributed by atoms with Gasteiger partial charge in [-0.3, -0.25) is 0 Å². The number of nitrogens with zero attached hydrogens (tertiary/aromatic N) is 2. The van der Waals surface area contributed by atoms with Gasteiger partial charge in [0.2, 0.25) is 5.88 Å². The fraction of sp³-hybridized carbons (Fsp3) is 0.500. The average molecular weight is 419 g/mol. The fourth-order valence-corrected chi connectivity index (χ4v) is 5.15. The van der Waals surface area contributed by atoms with Crippen LogP contribution < -0.4 is 4.74 Å². The number of hydrogen-bond acceptors (Lipinski definition) is 6. The molecular weight excluding hydrogens is 392 g/mol. The molecule has 6 nitrogen and oxygen atoms in total. The van der Waals surface area contributed by atoms with Crippen molar-refractivity contribution in [1.29, 1.82) is 0 Å². The second kappa shape index (κ2) is 7.76. The van der Waals surface area contributed by atoms with Crippen LogP contribution in [0.1, 0.15) is 36.1 Å². The molecule has 1 saturated heterocycles. The Morgan fingerprint density at radius 1 is 1.38 bits per heavy atom. The molecule has 2 bridgehead atoms. The van der Waals surface area contributed by atoms with Crippen LogP contribution in [0.15, 0.2) is 30.5 Å². The summed E-state index contributed by atoms with van der Waals surface area (Å²) in [5, 5.41) is 29.2. The quantitative estimate of drug-likeness (QED) is 0.692. The van der Waals surface area contributed by atoms with Gasteiger partial charge in [0.05, 0.1) is 13.2 Å². The number of aromatic hydroxyl groups is 1. The van der Waals surface area contributed by atoms with E-state index in [-0.39, 0.29) is 17.9 Å². The number of halogens is 1. The van der Waals surface area contributed by atoms with Crippen LogP contribution in [0.3, 0.4) is 0 Å². The van der Waals surface area contributed by atoms with E-state index in [9.17, 15) is 10.2 Å². The van der Waals surface area contributed by atoms with Crippen LogP contribution in [0.4, 0.5) is 0 Å². The number of aliphatic hydroxyl groups is 2. The van der Waals surface area contributed by atoms with Gasteiger partial charge in [0, 0.05) is 29.1 Å². The molecule has 0 saturated carbocycles. The first-order valence-corrected chi connectivity index (χ1v) is 10.3. The molecule has 2 aromatic rings. The maximum Gasteiger partial charge on any atom is 0.232 e. The number of benzene rings is 1. The summed E-state index contributed by atoms with van der Waals surface area (Å²) in [5.74, 6) is 0.840. The summed E-state index contributed by atoms with van der Waals surface area (Å²) in [6.45, 7) is 3.32. The standard InChI is InChI=1S/C22H27ClN2O4/c1-22-5-6-25(2)19(8-13-3-4-15(27)9-16(13)22)17(22)12-29-21-18(23)7-14(10-24-21)20(28)11-26/h3-4,7,9-10,17,19-20,26-28H,5-6,8,11-12H2,1-2H3/t17-,19?,20-,22+/m0/s1. The van der Waals surface area contributed by atoms with Crippen LogP contribution in [-0.2, 0) is 11.8 Å². The third-order valence-corrected chi connectivity index (χ3v) is 7.03. The van der Waals surface area contributed by atoms with E-state index in [1.54, 1.807) is 12.1 Å². The Morgan fingerprint density at radius 2 is 2.17 bits per heavy atom. The summed E-state index contributed by atoms with van der Waals surface area (Å²) in [6.07, 6.45) is 2.36. The monoisotopic (exact) mass is 418 g/mol. The Bertz CT molecular complexity index is 908. The van der Waals surface area contributed by atoms with Gasteiger partial charge >= 0.3 is 0 Å². The third kappa shape index (κ3) is 3.59. The van der Waals surface area contributed by atoms with Crippen molar-refractivity contribution >= 4 is 11.6 Å². The smallest absolute Gasteiger partial charge is 0.232 e. The lowest BCUT2D eigenvalue weighted by molar-refractivity contribution is 0.0109. The Hall–Kier alpha value is -1.86. The van der Waals surface area contributed by atoms with Crippen LogP contribution in [0.25, 0.3) is 0 Å². The Labute approximate surface area is 175 Å². The van der Waals surface area contributed by atoms with E-state index in [0.29, 0.717) is 34.9 Å². The molecule has 0 radical (unpaired) electrons. The first-order chi connectivity index (χ1) is 13.8. The highest BCUT2D eigenvalue weighted by Gasteiger charge is 2.50. The molecule has 4 atom stereocenters. The second-order valence-electron chi connectivity index (χ2n) is 8.43. The molecule has 29 heavy (non-hydrogen) atoms. The summed E-state index contributed by atoms with van der Waals surface area (Å²) < 4.78 is 6.06. The zero-order chi connectivity index (χ0) is 20.8. The van der Waals surface area contributed by atoms with Gasteiger partial charge in [0.25, 0.3) is 0 Å². The van der Waals surface area contributed by atoms with Crippen molar-refractivity contribution < 1.29 is 20.1 Å². The first-order valence-electron chi connectivity index (χ1n) is 9.93. The largest absolute Gasteiger partial charge is 0.508 e. The second-order valence-corrected chi connectivity index (χ2v) is 8.84. The van der Waals surface area contributed by atoms with E-state index in [2.05, 4.69) is 23.9 Å². The fourth-order valence-electron chi connectivity index (χ4n) is 4.92. The lowest BCUT2D eigenvalue weighted by Crippen LogP contribution is -2.59. The maximum absolute atomic E-state index is 10.1. The number of phenols is 1. The molecule has 1 unspecified atom stereocenters. The van der Waals surface area contributed by atoms with E-state index >= 15 is 0 Å². The van der Waals surface area contributed by atoms with Crippen LogP contribution in [0, 0.1) is 5.92 Å². The number of likely N-dealkylation sites (N-methyl/N-ethyl adjacent to an activating group) is 1. The number of piperidine rings is 1. The molecule has 7 heteroatoms. The van der Waals surface area contributed by atoms with E-state index in [1.807, 2.05) is 12.1 Å². The van der Waals surface area contributed by atoms with Gasteiger partial charge in [-0.2, -0.15) is 0 Å². The number of aromatic nitrogens is 1. The molecule has 1 aromatic heterocycles. The molecule has 2 aliphatic rings. The topological polar surface area (TPSA) is 86.1 Å². The van der Waals surface area contributed by atoms with Gasteiger partial charge in [-0.25, -0.2) is 4.98 Å². The van der Waals surface area contributed by atoms with Crippen molar-refractivity contribution in [3.05, 3.63) is 52.2 Å². The molecule has 4 rings (SSSR count). The minimum atomic E-state index is -1.01. The Balaban J connectivity index is 1.60. The number of fused-ring (bicyclic) bond motifs is 4. The molecule has 3 N–H and O–H groups in total. The highest BCUT2D eigenvalue weighted by molar-refractivity contribution is 6.31. The molecule has 156 valence electrons. The molecule has 1 aliphatic carbocycles. The SMILES string of the molecule is CN1CC[C@]2(C)c3cc(O)ccc3CC1[C@@H]2COc1ncc([C@@H](O)CO)cc1Cl. The summed E-state index contributed by atoms with van der Waals surface area (Å²) >= 11 is 6.31. The van der Waals surface area contributed by atoms with Crippen LogP contribution in [-0.4, -0.2) is 58.1 Å². The van der Waals surface area contributed by atoms with Gasteiger partial charge in [0.15, 0.2) is 0 Å². The van der Waals surface area contributed by atoms with E-state index < -0.39 is 6.10 Å². The number of phenolic OH excluding ortho intramolecular Hbond substituents is 1. The molecular formula is C22H27ClN2O4. The predicted molar refractivity (Wildman–Crippen MR) is 110 cm³/mol. The zero-order valence-corrected chi connectivity index (χ0v) is 17.4. The number of pyridine rings is 1. The average Bonchev–Trinajstić information content (AvgIpc) is 2.71. The minimum absolute atomic E-state index is 0.108. The molecule has 1 aliphatic heterocycles. The van der Waals surface area contributed by atoms with E-state index in [4.69, 9.17) is 21.4 Å². The lowest BCUT2D eigenvalue weighted by atomic mass is 9.58. The minimum Gasteiger partial charge on any atom is -0.508 e. The van der Waals surface area contributed by atoms with E-state index in [1.165, 1.54) is 17.3 Å². The number of hydrogen-bond donors (Lipinski definition) is 3. The molecule has 2 heterocycles. The van der Waals surface area contributed by atoms with Crippen molar-refractivity contribution in [3.8, 4) is 11.6 Å². The summed E-state index contributed by atoms with van der Waals surface area (Å²) in [6, 6.07) is 7.62. The van der Waals surface area contributed by atoms with Crippen LogP contribution in [0.2, 0.25) is 5.02 Å². The highest BCUT2D eigenvalue weighted by atomic mass is 35.5. The molecule has 1 fully saturated rings. The van der Waals surface area contributed by atoms with Crippen molar-refractivity contribution in [3.63, 3.8) is 0 Å². The van der Waals surface area contributed by atoms with Crippen molar-refractivity contribution in [2.75, 3.05) is 26.8 Å². The third-order valence-electron chi connectivity index (χ3n) is 6.76. The maximum atomic E-state index is 10.1. The number of rotatable bonds is 5. The predicted octanol–water partition coefficient (Wildman–Crippen LogP) is 2.68. The Morgan fingerprint density at radius 3 is 2.90 bits per heavy atom. The molecule has 0 amide bonds. The van der Waals surface area contributed by atoms with Crippen LogP contribution in [0.5, 0.6) is 11.6 Å². The highest BCUT2D eigenvalue weighted by Crippen LogP contribution is 2.49. The zero-order valence-electron chi connectivity index (χ0n) is 16.7. The first kappa shape index (κ1) is 20.4. The Kier molecular flexibility index (Phi) is 5.46. The normalized spacial score (nSPS) is 27.3. The van der Waals surface area contributed by atoms with Gasteiger partial charge in [0.1, 0.15) is 16.9 Å². The summed E-state index contributed by atoms with van der Waals surface area (Å²) in [5.41, 5.74) is 2.84. The van der Waals surface area contributed by atoms with Crippen LogP contribution >= 0.6 is 11.6 Å². The van der Waals surface area contributed by atoms with E-state index in [0.717, 1.165) is 19.4 Å². The van der Waals surface area contributed by atoms with Gasteiger partial charge in [-0.05, 0) is 55.8 Å². The number of aliphatic hydroxyl groups excluding tert-OH is 2. The van der Waals surface area contributed by atoms with Gasteiger partial charge in [-0.15, -0.1) is 0 Å². The number of ether oxygens (including phenoxy) is 1. The summed E-state index contributed by atoms with van der Waals surface area (Å²) in [7, 11) is 2.15. The van der Waals surface area contributed by atoms with Gasteiger partial charge < -0.3 is 25.0 Å². The van der Waals surface area contributed by atoms with Crippen molar-refractivity contribution in [2.45, 2.75) is 37.3 Å². The summed E-state index contributed by atoms with van der Waals surface area (Å²) in [4.78, 5) is 6.64. The van der Waals surface area contributed by atoms with Gasteiger partial charge in [-0.1, -0.05) is 24.6 Å². The lowest BCUT2D eigenvalue weighted by Gasteiger charge is -2.54. The van der Waals surface area contributed by atoms with Crippen molar-refractivity contribution in [1.82, 2.24) is 9.88 Å². The van der Waals surface area contributed by atoms with Crippen molar-refractivity contribution in [2.24, 2.45) is 5.92 Å².